The van der Waals surface area contributed by atoms with Gasteiger partial charge in [-0.05, 0) is 73.7 Å². The standard InChI is InChI=1S/C29H38ClN3O/c1-6-27(32-16-18-33(19-17-32)28-11-7-10-26(30)23(28)4)25-13-12-24(9-8-20-34)29(21-25)31(5)15-14-22(2)3/h7-13,20-21,27H,2,6,14-19H2,1,3-5H3/b9-8-. The summed E-state index contributed by atoms with van der Waals surface area (Å²) in [6.45, 7) is 15.4. The lowest BCUT2D eigenvalue weighted by Crippen LogP contribution is -2.47. The predicted octanol–water partition coefficient (Wildman–Crippen LogP) is 6.54. The number of hydrogen-bond donors (Lipinski definition) is 0. The highest BCUT2D eigenvalue weighted by Crippen LogP contribution is 2.33. The van der Waals surface area contributed by atoms with E-state index in [9.17, 15) is 4.79 Å². The Morgan fingerprint density at radius 1 is 1.21 bits per heavy atom. The molecular formula is C29H38ClN3O. The van der Waals surface area contributed by atoms with Crippen LogP contribution < -0.4 is 9.80 Å². The van der Waals surface area contributed by atoms with Crippen molar-refractivity contribution in [1.29, 1.82) is 0 Å². The topological polar surface area (TPSA) is 26.8 Å². The van der Waals surface area contributed by atoms with Crippen LogP contribution in [0.5, 0.6) is 0 Å². The minimum Gasteiger partial charge on any atom is -0.374 e. The number of carbonyl (C=O) groups excluding carboxylic acids is 1. The number of allylic oxidation sites excluding steroid dienone is 1. The first-order chi connectivity index (χ1) is 16.3. The molecule has 1 unspecified atom stereocenters. The highest BCUT2D eigenvalue weighted by atomic mass is 35.5. The molecule has 0 N–H and O–H groups in total. The van der Waals surface area contributed by atoms with E-state index in [1.54, 1.807) is 6.08 Å². The van der Waals surface area contributed by atoms with Crippen molar-refractivity contribution < 1.29 is 4.79 Å². The Morgan fingerprint density at radius 3 is 2.59 bits per heavy atom. The third-order valence-corrected chi connectivity index (χ3v) is 7.21. The van der Waals surface area contributed by atoms with E-state index in [1.165, 1.54) is 16.8 Å². The summed E-state index contributed by atoms with van der Waals surface area (Å²) in [5.41, 5.74) is 7.13. The zero-order chi connectivity index (χ0) is 24.7. The van der Waals surface area contributed by atoms with E-state index in [1.807, 2.05) is 18.2 Å². The summed E-state index contributed by atoms with van der Waals surface area (Å²) < 4.78 is 0. The van der Waals surface area contributed by atoms with Gasteiger partial charge in [0, 0.05) is 62.2 Å². The molecule has 2 aromatic carbocycles. The van der Waals surface area contributed by atoms with Gasteiger partial charge in [-0.1, -0.05) is 42.3 Å². The van der Waals surface area contributed by atoms with E-state index < -0.39 is 0 Å². The summed E-state index contributed by atoms with van der Waals surface area (Å²) in [5.74, 6) is 0. The highest BCUT2D eigenvalue weighted by molar-refractivity contribution is 6.31. The zero-order valence-electron chi connectivity index (χ0n) is 21.1. The molecule has 3 rings (SSSR count). The largest absolute Gasteiger partial charge is 0.374 e. The fourth-order valence-electron chi connectivity index (χ4n) is 4.78. The van der Waals surface area contributed by atoms with Crippen molar-refractivity contribution >= 4 is 35.3 Å². The molecule has 0 aliphatic carbocycles. The maximum atomic E-state index is 10.9. The molecule has 1 aliphatic heterocycles. The number of piperazine rings is 1. The van der Waals surface area contributed by atoms with Crippen LogP contribution in [-0.4, -0.2) is 51.0 Å². The van der Waals surface area contributed by atoms with Gasteiger partial charge >= 0.3 is 0 Å². The fourth-order valence-corrected chi connectivity index (χ4v) is 4.95. The molecule has 1 aliphatic rings. The van der Waals surface area contributed by atoms with Crippen LogP contribution in [0.3, 0.4) is 0 Å². The lowest BCUT2D eigenvalue weighted by atomic mass is 9.98. The van der Waals surface area contributed by atoms with E-state index in [4.69, 9.17) is 11.6 Å². The van der Waals surface area contributed by atoms with Gasteiger partial charge in [-0.2, -0.15) is 0 Å². The van der Waals surface area contributed by atoms with Gasteiger partial charge in [0.05, 0.1) is 0 Å². The normalized spacial score (nSPS) is 15.5. The lowest BCUT2D eigenvalue weighted by Gasteiger charge is -2.41. The third kappa shape index (κ3) is 6.31. The Labute approximate surface area is 210 Å². The van der Waals surface area contributed by atoms with Gasteiger partial charge in [0.2, 0.25) is 0 Å². The Hall–Kier alpha value is -2.56. The highest BCUT2D eigenvalue weighted by Gasteiger charge is 2.25. The second-order valence-electron chi connectivity index (χ2n) is 9.27. The van der Waals surface area contributed by atoms with Crippen molar-refractivity contribution in [2.45, 2.75) is 39.7 Å². The summed E-state index contributed by atoms with van der Waals surface area (Å²) in [7, 11) is 2.12. The minimum absolute atomic E-state index is 0.361. The molecule has 0 spiro atoms. The number of nitrogens with zero attached hydrogens (tertiary/aromatic N) is 3. The molecule has 0 bridgehead atoms. The molecule has 1 heterocycles. The summed E-state index contributed by atoms with van der Waals surface area (Å²) in [5, 5.41) is 0.832. The van der Waals surface area contributed by atoms with Crippen molar-refractivity contribution in [2.24, 2.45) is 0 Å². The minimum atomic E-state index is 0.361. The second-order valence-corrected chi connectivity index (χ2v) is 9.68. The molecule has 0 saturated carbocycles. The van der Waals surface area contributed by atoms with Gasteiger partial charge in [-0.15, -0.1) is 6.58 Å². The van der Waals surface area contributed by atoms with Crippen molar-refractivity contribution in [3.63, 3.8) is 0 Å². The summed E-state index contributed by atoms with van der Waals surface area (Å²) in [6, 6.07) is 13.2. The van der Waals surface area contributed by atoms with E-state index in [0.717, 1.165) is 73.7 Å². The average Bonchev–Trinajstić information content (AvgIpc) is 2.84. The molecule has 0 radical (unpaired) electrons. The molecule has 1 saturated heterocycles. The van der Waals surface area contributed by atoms with Crippen molar-refractivity contribution in [2.75, 3.05) is 49.6 Å². The van der Waals surface area contributed by atoms with Gasteiger partial charge in [0.25, 0.3) is 0 Å². The third-order valence-electron chi connectivity index (χ3n) is 6.80. The zero-order valence-corrected chi connectivity index (χ0v) is 21.8. The Morgan fingerprint density at radius 2 is 1.94 bits per heavy atom. The van der Waals surface area contributed by atoms with Crippen LogP contribution in [-0.2, 0) is 4.79 Å². The van der Waals surface area contributed by atoms with E-state index in [-0.39, 0.29) is 0 Å². The van der Waals surface area contributed by atoms with Crippen molar-refractivity contribution in [3.8, 4) is 0 Å². The number of rotatable bonds is 10. The van der Waals surface area contributed by atoms with E-state index in [2.05, 4.69) is 73.4 Å². The molecule has 0 amide bonds. The van der Waals surface area contributed by atoms with Crippen molar-refractivity contribution in [3.05, 3.63) is 76.3 Å². The van der Waals surface area contributed by atoms with Gasteiger partial charge in [-0.25, -0.2) is 0 Å². The molecule has 0 aromatic heterocycles. The lowest BCUT2D eigenvalue weighted by molar-refractivity contribution is -0.104. The average molecular weight is 480 g/mol. The first kappa shape index (κ1) is 26.1. The smallest absolute Gasteiger partial charge is 0.142 e. The van der Waals surface area contributed by atoms with Crippen LogP contribution in [0.4, 0.5) is 11.4 Å². The number of carbonyl (C=O) groups is 1. The van der Waals surface area contributed by atoms with Gasteiger partial charge in [-0.3, -0.25) is 9.69 Å². The van der Waals surface area contributed by atoms with Crippen LogP contribution in [0.2, 0.25) is 5.02 Å². The van der Waals surface area contributed by atoms with Gasteiger partial charge in [0.15, 0.2) is 0 Å². The predicted molar refractivity (Wildman–Crippen MR) is 147 cm³/mol. The van der Waals surface area contributed by atoms with Crippen LogP contribution in [0.15, 0.2) is 54.6 Å². The number of anilines is 2. The molecule has 4 nitrogen and oxygen atoms in total. The van der Waals surface area contributed by atoms with Gasteiger partial charge in [0.1, 0.15) is 6.29 Å². The van der Waals surface area contributed by atoms with E-state index >= 15 is 0 Å². The molecule has 34 heavy (non-hydrogen) atoms. The molecule has 182 valence electrons. The van der Waals surface area contributed by atoms with E-state index in [0.29, 0.717) is 6.04 Å². The Kier molecular flexibility index (Phi) is 9.37. The molecule has 1 fully saturated rings. The molecular weight excluding hydrogens is 442 g/mol. The quantitative estimate of drug-likeness (QED) is 0.220. The maximum Gasteiger partial charge on any atom is 0.142 e. The van der Waals surface area contributed by atoms with Crippen LogP contribution in [0.1, 0.15) is 49.4 Å². The van der Waals surface area contributed by atoms with Gasteiger partial charge < -0.3 is 9.80 Å². The van der Waals surface area contributed by atoms with Crippen molar-refractivity contribution in [1.82, 2.24) is 4.90 Å². The second kappa shape index (κ2) is 12.2. The molecule has 1 atom stereocenters. The summed E-state index contributed by atoms with van der Waals surface area (Å²) in [6.07, 6.45) is 6.30. The first-order valence-electron chi connectivity index (χ1n) is 12.2. The SMILES string of the molecule is C=C(C)CCN(C)c1cc(C(CC)N2CCN(c3cccc(Cl)c3C)CC2)ccc1/C=C\C=O. The number of hydrogen-bond acceptors (Lipinski definition) is 4. The maximum absolute atomic E-state index is 10.9. The van der Waals surface area contributed by atoms with Crippen LogP contribution in [0, 0.1) is 6.92 Å². The Balaban J connectivity index is 1.79. The fraction of sp³-hybridized carbons (Fsp3) is 0.414. The van der Waals surface area contributed by atoms with Crippen LogP contribution >= 0.6 is 11.6 Å². The Bertz CT molecular complexity index is 1020. The molecule has 2 aromatic rings. The number of halogens is 1. The summed E-state index contributed by atoms with van der Waals surface area (Å²) in [4.78, 5) is 18.3. The van der Waals surface area contributed by atoms with Crippen LogP contribution in [0.25, 0.3) is 6.08 Å². The number of aldehydes is 1. The first-order valence-corrected chi connectivity index (χ1v) is 12.6. The number of benzene rings is 2. The summed E-state index contributed by atoms with van der Waals surface area (Å²) >= 11 is 6.37. The monoisotopic (exact) mass is 479 g/mol. The molecule has 5 heteroatoms.